The molecule has 19 heavy (non-hydrogen) atoms. The van der Waals surface area contributed by atoms with E-state index in [1.165, 1.54) is 0 Å². The number of nitrogens with one attached hydrogen (secondary N) is 1. The molecule has 0 radical (unpaired) electrons. The molecule has 0 heterocycles. The smallest absolute Gasteiger partial charge is 0.198 e. The highest BCUT2D eigenvalue weighted by molar-refractivity contribution is 9.09. The van der Waals surface area contributed by atoms with Crippen molar-refractivity contribution in [3.8, 4) is 0 Å². The van der Waals surface area contributed by atoms with Gasteiger partial charge in [0.15, 0.2) is 7.29 Å². The summed E-state index contributed by atoms with van der Waals surface area (Å²) in [6.45, 7) is 0. The lowest BCUT2D eigenvalue weighted by atomic mass is 10.3. The maximum absolute atomic E-state index is 13.2. The minimum Gasteiger partial charge on any atom is -0.333 e. The second-order valence-electron chi connectivity index (χ2n) is 4.32. The summed E-state index contributed by atoms with van der Waals surface area (Å²) in [5.41, 5.74) is 0.907. The molecule has 2 rings (SSSR count). The van der Waals surface area contributed by atoms with Gasteiger partial charge in [0, 0.05) is 22.5 Å². The third kappa shape index (κ3) is 3.95. The largest absolute Gasteiger partial charge is 0.333 e. The molecule has 0 aliphatic carbocycles. The average Bonchev–Trinajstić information content (AvgIpc) is 2.47. The first-order valence-electron chi connectivity index (χ1n) is 6.28. The van der Waals surface area contributed by atoms with Gasteiger partial charge in [-0.15, -0.1) is 0 Å². The van der Waals surface area contributed by atoms with Crippen LogP contribution in [0.4, 0.5) is 5.69 Å². The van der Waals surface area contributed by atoms with E-state index in [0.29, 0.717) is 6.16 Å². The Hall–Kier alpha value is -1.05. The molecule has 2 nitrogen and oxygen atoms in total. The van der Waals surface area contributed by atoms with Crippen molar-refractivity contribution < 1.29 is 4.57 Å². The van der Waals surface area contributed by atoms with Crippen LogP contribution in [-0.4, -0.2) is 11.5 Å². The topological polar surface area (TPSA) is 29.1 Å². The van der Waals surface area contributed by atoms with Gasteiger partial charge in [0.2, 0.25) is 0 Å². The summed E-state index contributed by atoms with van der Waals surface area (Å²) < 4.78 is 13.2. The van der Waals surface area contributed by atoms with E-state index in [1.54, 1.807) is 0 Å². The van der Waals surface area contributed by atoms with Gasteiger partial charge < -0.3 is 5.09 Å². The number of benzene rings is 2. The highest BCUT2D eigenvalue weighted by Crippen LogP contribution is 2.44. The minimum atomic E-state index is -2.59. The van der Waals surface area contributed by atoms with Gasteiger partial charge in [0.1, 0.15) is 0 Å². The van der Waals surface area contributed by atoms with Gasteiger partial charge in [0.05, 0.1) is 0 Å². The molecule has 0 aromatic heterocycles. The van der Waals surface area contributed by atoms with Crippen molar-refractivity contribution in [3.05, 3.63) is 60.7 Å². The Morgan fingerprint density at radius 2 is 1.53 bits per heavy atom. The van der Waals surface area contributed by atoms with Crippen LogP contribution in [0.15, 0.2) is 60.7 Å². The van der Waals surface area contributed by atoms with E-state index in [2.05, 4.69) is 21.0 Å². The van der Waals surface area contributed by atoms with Gasteiger partial charge in [0.25, 0.3) is 0 Å². The van der Waals surface area contributed by atoms with Crippen LogP contribution in [0.3, 0.4) is 0 Å². The van der Waals surface area contributed by atoms with Gasteiger partial charge in [-0.2, -0.15) is 0 Å². The number of rotatable bonds is 6. The molecule has 0 saturated carbocycles. The summed E-state index contributed by atoms with van der Waals surface area (Å²) in [6.07, 6.45) is 1.53. The van der Waals surface area contributed by atoms with E-state index < -0.39 is 7.29 Å². The fourth-order valence-corrected chi connectivity index (χ4v) is 4.96. The Kier molecular flexibility index (Phi) is 5.24. The number of para-hydroxylation sites is 1. The summed E-state index contributed by atoms with van der Waals surface area (Å²) >= 11 is 3.41. The standard InChI is InChI=1S/C15H17BrNOP/c16-12-7-13-19(18,15-10-5-2-6-11-15)17-14-8-3-1-4-9-14/h1-6,8-11H,7,12-13H2,(H,17,18). The third-order valence-corrected chi connectivity index (χ3v) is 6.12. The van der Waals surface area contributed by atoms with E-state index in [4.69, 9.17) is 0 Å². The Balaban J connectivity index is 2.27. The molecule has 1 atom stereocenters. The molecule has 0 saturated heterocycles. The highest BCUT2D eigenvalue weighted by atomic mass is 79.9. The van der Waals surface area contributed by atoms with Crippen molar-refractivity contribution in [2.75, 3.05) is 16.6 Å². The third-order valence-electron chi connectivity index (χ3n) is 2.86. The van der Waals surface area contributed by atoms with Crippen molar-refractivity contribution in [1.29, 1.82) is 0 Å². The first-order chi connectivity index (χ1) is 9.24. The van der Waals surface area contributed by atoms with Crippen molar-refractivity contribution in [2.45, 2.75) is 6.42 Å². The molecule has 0 bridgehead atoms. The number of halogens is 1. The second kappa shape index (κ2) is 6.93. The Bertz CT molecular complexity index is 545. The quantitative estimate of drug-likeness (QED) is 0.621. The van der Waals surface area contributed by atoms with Crippen LogP contribution in [-0.2, 0) is 4.57 Å². The molecule has 0 spiro atoms. The van der Waals surface area contributed by atoms with Gasteiger partial charge in [-0.25, -0.2) is 0 Å². The summed E-state index contributed by atoms with van der Waals surface area (Å²) in [5, 5.41) is 4.99. The molecular weight excluding hydrogens is 321 g/mol. The fourth-order valence-electron chi connectivity index (χ4n) is 1.92. The Morgan fingerprint density at radius 1 is 0.947 bits per heavy atom. The zero-order valence-electron chi connectivity index (χ0n) is 10.6. The highest BCUT2D eigenvalue weighted by Gasteiger charge is 2.23. The van der Waals surface area contributed by atoms with E-state index in [9.17, 15) is 4.57 Å². The first-order valence-corrected chi connectivity index (χ1v) is 9.30. The van der Waals surface area contributed by atoms with Crippen LogP contribution in [0.25, 0.3) is 0 Å². The Labute approximate surface area is 122 Å². The molecule has 1 unspecified atom stereocenters. The lowest BCUT2D eigenvalue weighted by molar-refractivity contribution is 0.583. The molecule has 0 aliphatic heterocycles. The molecular formula is C15H17BrNOP. The van der Waals surface area contributed by atoms with Gasteiger partial charge in [-0.3, -0.25) is 4.57 Å². The molecule has 0 amide bonds. The van der Waals surface area contributed by atoms with E-state index in [-0.39, 0.29) is 0 Å². The van der Waals surface area contributed by atoms with Crippen LogP contribution < -0.4 is 10.4 Å². The normalized spacial score (nSPS) is 13.7. The lowest BCUT2D eigenvalue weighted by Crippen LogP contribution is -2.14. The maximum Gasteiger partial charge on any atom is 0.198 e. The summed E-state index contributed by atoms with van der Waals surface area (Å²) in [5.74, 6) is 0. The van der Waals surface area contributed by atoms with E-state index >= 15 is 0 Å². The molecule has 2 aromatic carbocycles. The SMILES string of the molecule is O=P(CCCBr)(Nc1ccccc1)c1ccccc1. The van der Waals surface area contributed by atoms with Crippen molar-refractivity contribution in [2.24, 2.45) is 0 Å². The molecule has 1 N–H and O–H groups in total. The molecule has 100 valence electrons. The van der Waals surface area contributed by atoms with Crippen LogP contribution in [0.1, 0.15) is 6.42 Å². The van der Waals surface area contributed by atoms with Crippen LogP contribution in [0, 0.1) is 0 Å². The molecule has 2 aromatic rings. The number of hydrogen-bond donors (Lipinski definition) is 1. The first kappa shape index (κ1) is 14.4. The van der Waals surface area contributed by atoms with Crippen LogP contribution in [0.5, 0.6) is 0 Å². The lowest BCUT2D eigenvalue weighted by Gasteiger charge is -2.21. The monoisotopic (exact) mass is 337 g/mol. The van der Waals surface area contributed by atoms with Gasteiger partial charge in [-0.05, 0) is 30.7 Å². The molecule has 0 aliphatic rings. The molecule has 0 fully saturated rings. The van der Waals surface area contributed by atoms with E-state index in [1.807, 2.05) is 60.7 Å². The second-order valence-corrected chi connectivity index (χ2v) is 7.78. The van der Waals surface area contributed by atoms with Crippen molar-refractivity contribution >= 4 is 34.2 Å². The zero-order chi connectivity index (χ0) is 13.6. The van der Waals surface area contributed by atoms with Gasteiger partial charge >= 0.3 is 0 Å². The van der Waals surface area contributed by atoms with Crippen molar-refractivity contribution in [3.63, 3.8) is 0 Å². The van der Waals surface area contributed by atoms with Crippen LogP contribution >= 0.6 is 23.2 Å². The minimum absolute atomic E-state index is 0.650. The van der Waals surface area contributed by atoms with Gasteiger partial charge in [-0.1, -0.05) is 52.3 Å². The molecule has 4 heteroatoms. The predicted octanol–water partition coefficient (Wildman–Crippen LogP) is 4.49. The number of hydrogen-bond acceptors (Lipinski definition) is 1. The number of alkyl halides is 1. The Morgan fingerprint density at radius 3 is 2.11 bits per heavy atom. The zero-order valence-corrected chi connectivity index (χ0v) is 13.1. The average molecular weight is 338 g/mol. The summed E-state index contributed by atoms with van der Waals surface area (Å²) in [6, 6.07) is 19.4. The summed E-state index contributed by atoms with van der Waals surface area (Å²) in [4.78, 5) is 0. The van der Waals surface area contributed by atoms with Crippen molar-refractivity contribution in [1.82, 2.24) is 0 Å². The summed E-state index contributed by atoms with van der Waals surface area (Å²) in [7, 11) is -2.59. The fraction of sp³-hybridized carbons (Fsp3) is 0.200. The van der Waals surface area contributed by atoms with Crippen LogP contribution in [0.2, 0.25) is 0 Å². The predicted molar refractivity (Wildman–Crippen MR) is 87.0 cm³/mol. The maximum atomic E-state index is 13.2. The van der Waals surface area contributed by atoms with E-state index in [0.717, 1.165) is 22.7 Å². The number of anilines is 1.